The highest BCUT2D eigenvalue weighted by molar-refractivity contribution is 7.89. The van der Waals surface area contributed by atoms with Gasteiger partial charge in [-0.05, 0) is 37.8 Å². The summed E-state index contributed by atoms with van der Waals surface area (Å²) in [4.78, 5) is 10.3. The second-order valence-corrected chi connectivity index (χ2v) is 6.82. The first-order valence-corrected chi connectivity index (χ1v) is 8.45. The first kappa shape index (κ1) is 15.7. The van der Waals surface area contributed by atoms with Gasteiger partial charge in [0.1, 0.15) is 5.69 Å². The van der Waals surface area contributed by atoms with Gasteiger partial charge < -0.3 is 5.32 Å². The van der Waals surface area contributed by atoms with Crippen LogP contribution in [0, 0.1) is 16.0 Å². The standard InChI is InChI=1S/C13H19N3O4S/c1-2-14-11-7-4-8-12(13(11)16(17)18)21(19,20)15-9-10-5-3-6-10/h4,7-8,10,14-15H,2-3,5-6,9H2,1H3. The van der Waals surface area contributed by atoms with Crippen LogP contribution in [0.25, 0.3) is 0 Å². The molecule has 8 heteroatoms. The number of sulfonamides is 1. The third-order valence-electron chi connectivity index (χ3n) is 3.63. The summed E-state index contributed by atoms with van der Waals surface area (Å²) in [7, 11) is -3.88. The van der Waals surface area contributed by atoms with E-state index in [4.69, 9.17) is 0 Å². The molecule has 0 spiro atoms. The van der Waals surface area contributed by atoms with Crippen LogP contribution in [0.1, 0.15) is 26.2 Å². The zero-order valence-electron chi connectivity index (χ0n) is 11.8. The van der Waals surface area contributed by atoms with Gasteiger partial charge in [0.05, 0.1) is 4.92 Å². The van der Waals surface area contributed by atoms with Gasteiger partial charge in [-0.25, -0.2) is 13.1 Å². The van der Waals surface area contributed by atoms with Crippen molar-refractivity contribution in [2.45, 2.75) is 31.1 Å². The van der Waals surface area contributed by atoms with Gasteiger partial charge in [-0.15, -0.1) is 0 Å². The fourth-order valence-electron chi connectivity index (χ4n) is 2.26. The first-order chi connectivity index (χ1) is 9.95. The summed E-state index contributed by atoms with van der Waals surface area (Å²) in [6, 6.07) is 4.28. The molecular weight excluding hydrogens is 294 g/mol. The lowest BCUT2D eigenvalue weighted by atomic mass is 9.86. The summed E-state index contributed by atoms with van der Waals surface area (Å²) in [6.07, 6.45) is 3.12. The predicted molar refractivity (Wildman–Crippen MR) is 79.8 cm³/mol. The summed E-state index contributed by atoms with van der Waals surface area (Å²) in [5, 5.41) is 14.1. The second-order valence-electron chi connectivity index (χ2n) is 5.09. The Hall–Kier alpha value is -1.67. The number of nitrogens with one attached hydrogen (secondary N) is 2. The smallest absolute Gasteiger partial charge is 0.312 e. The Morgan fingerprint density at radius 1 is 1.38 bits per heavy atom. The molecule has 0 unspecified atom stereocenters. The van der Waals surface area contributed by atoms with E-state index in [0.29, 0.717) is 19.0 Å². The summed E-state index contributed by atoms with van der Waals surface area (Å²) >= 11 is 0. The van der Waals surface area contributed by atoms with Crippen molar-refractivity contribution in [3.8, 4) is 0 Å². The van der Waals surface area contributed by atoms with Gasteiger partial charge in [0.25, 0.3) is 0 Å². The fraction of sp³-hybridized carbons (Fsp3) is 0.538. The van der Waals surface area contributed by atoms with Gasteiger partial charge in [0.15, 0.2) is 4.90 Å². The van der Waals surface area contributed by atoms with Crippen LogP contribution in [0.2, 0.25) is 0 Å². The van der Waals surface area contributed by atoms with E-state index >= 15 is 0 Å². The van der Waals surface area contributed by atoms with Crippen molar-refractivity contribution >= 4 is 21.4 Å². The number of hydrogen-bond acceptors (Lipinski definition) is 5. The van der Waals surface area contributed by atoms with E-state index in [9.17, 15) is 18.5 Å². The molecular formula is C13H19N3O4S. The lowest BCUT2D eigenvalue weighted by Crippen LogP contribution is -2.32. The van der Waals surface area contributed by atoms with Crippen LogP contribution in [-0.4, -0.2) is 26.4 Å². The van der Waals surface area contributed by atoms with Crippen molar-refractivity contribution in [1.82, 2.24) is 4.72 Å². The minimum atomic E-state index is -3.88. The lowest BCUT2D eigenvalue weighted by Gasteiger charge is -2.25. The molecule has 116 valence electrons. The summed E-state index contributed by atoms with van der Waals surface area (Å²) < 4.78 is 27.1. The van der Waals surface area contributed by atoms with Crippen molar-refractivity contribution in [2.24, 2.45) is 5.92 Å². The summed E-state index contributed by atoms with van der Waals surface area (Å²) in [5.41, 5.74) is -0.186. The number of anilines is 1. The molecule has 0 amide bonds. The minimum absolute atomic E-state index is 0.217. The molecule has 1 aromatic carbocycles. The van der Waals surface area contributed by atoms with Gasteiger partial charge in [-0.3, -0.25) is 10.1 Å². The average molecular weight is 313 g/mol. The quantitative estimate of drug-likeness (QED) is 0.593. The largest absolute Gasteiger partial charge is 0.380 e. The van der Waals surface area contributed by atoms with E-state index in [1.807, 2.05) is 0 Å². The van der Waals surface area contributed by atoms with E-state index in [1.54, 1.807) is 6.92 Å². The van der Waals surface area contributed by atoms with Crippen molar-refractivity contribution in [2.75, 3.05) is 18.4 Å². The molecule has 1 aromatic rings. The van der Waals surface area contributed by atoms with Crippen LogP contribution in [0.3, 0.4) is 0 Å². The second kappa shape index (κ2) is 6.40. The number of benzene rings is 1. The van der Waals surface area contributed by atoms with E-state index < -0.39 is 20.6 Å². The molecule has 0 radical (unpaired) electrons. The molecule has 7 nitrogen and oxygen atoms in total. The highest BCUT2D eigenvalue weighted by Gasteiger charge is 2.30. The molecule has 21 heavy (non-hydrogen) atoms. The Morgan fingerprint density at radius 2 is 2.10 bits per heavy atom. The van der Waals surface area contributed by atoms with Gasteiger partial charge in [-0.1, -0.05) is 12.5 Å². The maximum atomic E-state index is 12.3. The molecule has 1 aliphatic carbocycles. The van der Waals surface area contributed by atoms with Crippen molar-refractivity contribution in [3.05, 3.63) is 28.3 Å². The maximum absolute atomic E-state index is 12.3. The van der Waals surface area contributed by atoms with Crippen molar-refractivity contribution in [3.63, 3.8) is 0 Å². The minimum Gasteiger partial charge on any atom is -0.380 e. The van der Waals surface area contributed by atoms with Gasteiger partial charge in [-0.2, -0.15) is 0 Å². The molecule has 0 aliphatic heterocycles. The average Bonchev–Trinajstić information content (AvgIpc) is 2.36. The summed E-state index contributed by atoms with van der Waals surface area (Å²) in [6.45, 7) is 2.60. The van der Waals surface area contributed by atoms with E-state index in [0.717, 1.165) is 19.3 Å². The Bertz CT molecular complexity index is 626. The van der Waals surface area contributed by atoms with E-state index in [-0.39, 0.29) is 10.6 Å². The first-order valence-electron chi connectivity index (χ1n) is 6.96. The molecule has 1 fully saturated rings. The van der Waals surface area contributed by atoms with Crippen LogP contribution in [0.5, 0.6) is 0 Å². The third-order valence-corrected chi connectivity index (χ3v) is 5.08. The Balaban J connectivity index is 2.32. The van der Waals surface area contributed by atoms with Crippen LogP contribution < -0.4 is 10.0 Å². The third kappa shape index (κ3) is 3.51. The van der Waals surface area contributed by atoms with Gasteiger partial charge >= 0.3 is 5.69 Å². The lowest BCUT2D eigenvalue weighted by molar-refractivity contribution is -0.386. The Morgan fingerprint density at radius 3 is 2.62 bits per heavy atom. The highest BCUT2D eigenvalue weighted by atomic mass is 32.2. The molecule has 2 rings (SSSR count). The van der Waals surface area contributed by atoms with Crippen LogP contribution in [-0.2, 0) is 10.0 Å². The van der Waals surface area contributed by atoms with Crippen LogP contribution >= 0.6 is 0 Å². The van der Waals surface area contributed by atoms with Gasteiger partial charge in [0.2, 0.25) is 10.0 Å². The number of nitro groups is 1. The fourth-order valence-corrected chi connectivity index (χ4v) is 3.57. The molecule has 0 bridgehead atoms. The molecule has 1 saturated carbocycles. The molecule has 0 atom stereocenters. The predicted octanol–water partition coefficient (Wildman–Crippen LogP) is 2.10. The number of nitro benzene ring substituents is 1. The Kier molecular flexibility index (Phi) is 4.79. The Labute approximate surface area is 123 Å². The molecule has 0 heterocycles. The normalized spacial score (nSPS) is 15.5. The van der Waals surface area contributed by atoms with E-state index in [1.165, 1.54) is 18.2 Å². The molecule has 0 aromatic heterocycles. The number of nitrogens with zero attached hydrogens (tertiary/aromatic N) is 1. The van der Waals surface area contributed by atoms with Crippen molar-refractivity contribution in [1.29, 1.82) is 0 Å². The number of para-hydroxylation sites is 1. The molecule has 2 N–H and O–H groups in total. The van der Waals surface area contributed by atoms with Gasteiger partial charge in [0, 0.05) is 13.1 Å². The molecule has 0 saturated heterocycles. The van der Waals surface area contributed by atoms with Crippen LogP contribution in [0.4, 0.5) is 11.4 Å². The molecule has 1 aliphatic rings. The van der Waals surface area contributed by atoms with Crippen molar-refractivity contribution < 1.29 is 13.3 Å². The zero-order valence-corrected chi connectivity index (χ0v) is 12.6. The monoisotopic (exact) mass is 313 g/mol. The highest BCUT2D eigenvalue weighted by Crippen LogP contribution is 2.32. The summed E-state index contributed by atoms with van der Waals surface area (Å²) in [5.74, 6) is 0.343. The van der Waals surface area contributed by atoms with Crippen LogP contribution in [0.15, 0.2) is 23.1 Å². The SMILES string of the molecule is CCNc1cccc(S(=O)(=O)NCC2CCC2)c1[N+](=O)[O-]. The number of rotatable bonds is 7. The topological polar surface area (TPSA) is 101 Å². The maximum Gasteiger partial charge on any atom is 0.312 e. The number of hydrogen-bond donors (Lipinski definition) is 2. The zero-order chi connectivity index (χ0) is 15.5. The van der Waals surface area contributed by atoms with E-state index in [2.05, 4.69) is 10.0 Å².